The molecule has 0 spiro atoms. The smallest absolute Gasteiger partial charge is 0.244 e. The van der Waals surface area contributed by atoms with Crippen LogP contribution in [0.4, 0.5) is 0 Å². The first kappa shape index (κ1) is 19.0. The number of ether oxygens (including phenoxy) is 1. The minimum absolute atomic E-state index is 0.161. The van der Waals surface area contributed by atoms with Gasteiger partial charge in [0, 0.05) is 10.6 Å². The number of hydrogen-bond donors (Lipinski definition) is 1. The molecule has 2 aromatic rings. The maximum atomic E-state index is 12.2. The molecule has 5 heteroatoms. The molecule has 0 fully saturated rings. The van der Waals surface area contributed by atoms with Crippen LogP contribution in [-0.4, -0.2) is 18.2 Å². The van der Waals surface area contributed by atoms with Gasteiger partial charge in [0.1, 0.15) is 5.75 Å². The van der Waals surface area contributed by atoms with Gasteiger partial charge >= 0.3 is 0 Å². The lowest BCUT2D eigenvalue weighted by Gasteiger charge is -2.11. The predicted octanol–water partition coefficient (Wildman–Crippen LogP) is 4.44. The molecule has 0 saturated carbocycles. The zero-order valence-electron chi connectivity index (χ0n) is 15.0. The molecule has 1 N–H and O–H groups in total. The molecule has 0 saturated heterocycles. The first-order valence-corrected chi connectivity index (χ1v) is 8.60. The molecule has 0 aromatic heterocycles. The highest BCUT2D eigenvalue weighted by atomic mass is 35.5. The van der Waals surface area contributed by atoms with Crippen molar-refractivity contribution in [1.29, 1.82) is 0 Å². The summed E-state index contributed by atoms with van der Waals surface area (Å²) in [6.07, 6.45) is 0.288. The average Bonchev–Trinajstić information content (AvgIpc) is 2.57. The van der Waals surface area contributed by atoms with Crippen molar-refractivity contribution in [3.63, 3.8) is 0 Å². The molecular formula is C20H23ClN2O2. The van der Waals surface area contributed by atoms with Crippen LogP contribution in [-0.2, 0) is 11.2 Å². The van der Waals surface area contributed by atoms with Crippen LogP contribution in [0.1, 0.15) is 36.1 Å². The van der Waals surface area contributed by atoms with Crippen molar-refractivity contribution in [2.45, 2.75) is 34.1 Å². The third kappa shape index (κ3) is 5.33. The molecule has 0 atom stereocenters. The third-order valence-corrected chi connectivity index (χ3v) is 4.06. The van der Waals surface area contributed by atoms with Gasteiger partial charge in [0.05, 0.1) is 18.7 Å². The number of amides is 1. The van der Waals surface area contributed by atoms with E-state index in [-0.39, 0.29) is 12.3 Å². The van der Waals surface area contributed by atoms with Crippen molar-refractivity contribution >= 4 is 23.2 Å². The molecule has 25 heavy (non-hydrogen) atoms. The Hall–Kier alpha value is -2.33. The number of nitrogens with one attached hydrogen (secondary N) is 1. The van der Waals surface area contributed by atoms with Crippen molar-refractivity contribution in [3.8, 4) is 5.75 Å². The predicted molar refractivity (Wildman–Crippen MR) is 103 cm³/mol. The van der Waals surface area contributed by atoms with E-state index in [2.05, 4.69) is 16.6 Å². The largest absolute Gasteiger partial charge is 0.493 e. The summed E-state index contributed by atoms with van der Waals surface area (Å²) in [6.45, 7) is 8.30. The van der Waals surface area contributed by atoms with E-state index in [1.54, 1.807) is 18.2 Å². The van der Waals surface area contributed by atoms with Crippen LogP contribution < -0.4 is 10.2 Å². The molecule has 4 nitrogen and oxygen atoms in total. The summed E-state index contributed by atoms with van der Waals surface area (Å²) in [5.74, 6) is 0.531. The number of hydrazone groups is 1. The molecule has 2 rings (SSSR count). The first-order chi connectivity index (χ1) is 11.9. The van der Waals surface area contributed by atoms with Crippen LogP contribution >= 0.6 is 11.6 Å². The normalized spacial score (nSPS) is 11.3. The second-order valence-corrected chi connectivity index (χ2v) is 6.35. The van der Waals surface area contributed by atoms with Crippen molar-refractivity contribution in [3.05, 3.63) is 63.7 Å². The number of hydrogen-bond acceptors (Lipinski definition) is 3. The average molecular weight is 359 g/mol. The minimum atomic E-state index is -0.161. The molecule has 0 heterocycles. The van der Waals surface area contributed by atoms with Crippen molar-refractivity contribution in [1.82, 2.24) is 5.43 Å². The highest BCUT2D eigenvalue weighted by Gasteiger charge is 2.10. The Morgan fingerprint density at radius 2 is 1.96 bits per heavy atom. The summed E-state index contributed by atoms with van der Waals surface area (Å²) in [5.41, 5.74) is 7.29. The Morgan fingerprint density at radius 1 is 1.20 bits per heavy atom. The fourth-order valence-corrected chi connectivity index (χ4v) is 2.70. The number of halogens is 1. The summed E-state index contributed by atoms with van der Waals surface area (Å²) in [6, 6.07) is 11.4. The van der Waals surface area contributed by atoms with Gasteiger partial charge in [-0.3, -0.25) is 4.79 Å². The standard InChI is InChI=1S/C20H23ClN2O2/c1-5-25-19-9-8-17(21)12-18(19)15(4)22-23-20(24)11-16-7-6-13(2)10-14(16)3/h6-10,12H,5,11H2,1-4H3,(H,23,24)/b22-15-. The van der Waals surface area contributed by atoms with Crippen LogP contribution in [0.15, 0.2) is 41.5 Å². The summed E-state index contributed by atoms with van der Waals surface area (Å²) in [5, 5.41) is 4.79. The second-order valence-electron chi connectivity index (χ2n) is 5.91. The van der Waals surface area contributed by atoms with Gasteiger partial charge in [-0.2, -0.15) is 5.10 Å². The maximum Gasteiger partial charge on any atom is 0.244 e. The Labute approximate surface area is 153 Å². The van der Waals surface area contributed by atoms with Gasteiger partial charge in [0.25, 0.3) is 0 Å². The third-order valence-electron chi connectivity index (χ3n) is 3.83. The number of aryl methyl sites for hydroxylation is 2. The molecule has 132 valence electrons. The summed E-state index contributed by atoms with van der Waals surface area (Å²) >= 11 is 6.06. The minimum Gasteiger partial charge on any atom is -0.493 e. The molecule has 1 amide bonds. The van der Waals surface area contributed by atoms with Gasteiger partial charge in [0.2, 0.25) is 5.91 Å². The Kier molecular flexibility index (Phi) is 6.59. The number of rotatable bonds is 6. The van der Waals surface area contributed by atoms with Gasteiger partial charge in [0.15, 0.2) is 0 Å². The van der Waals surface area contributed by atoms with Gasteiger partial charge in [-0.25, -0.2) is 5.43 Å². The lowest BCUT2D eigenvalue weighted by molar-refractivity contribution is -0.120. The SMILES string of the molecule is CCOc1ccc(Cl)cc1/C(C)=N\NC(=O)Cc1ccc(C)cc1C. The van der Waals surface area contributed by atoms with E-state index in [0.717, 1.165) is 16.7 Å². The number of carbonyl (C=O) groups excluding carboxylic acids is 1. The lowest BCUT2D eigenvalue weighted by Crippen LogP contribution is -2.21. The zero-order valence-corrected chi connectivity index (χ0v) is 15.8. The molecule has 0 aliphatic rings. The fraction of sp³-hybridized carbons (Fsp3) is 0.300. The van der Waals surface area contributed by atoms with E-state index < -0.39 is 0 Å². The van der Waals surface area contributed by atoms with E-state index in [0.29, 0.717) is 23.1 Å². The highest BCUT2D eigenvalue weighted by Crippen LogP contribution is 2.23. The molecular weight excluding hydrogens is 336 g/mol. The highest BCUT2D eigenvalue weighted by molar-refractivity contribution is 6.31. The van der Waals surface area contributed by atoms with Crippen LogP contribution in [0.5, 0.6) is 5.75 Å². The Morgan fingerprint density at radius 3 is 2.64 bits per heavy atom. The molecule has 0 unspecified atom stereocenters. The Balaban J connectivity index is 2.10. The van der Waals surface area contributed by atoms with Gasteiger partial charge < -0.3 is 4.74 Å². The first-order valence-electron chi connectivity index (χ1n) is 8.22. The van der Waals surface area contributed by atoms with Gasteiger partial charge in [-0.05, 0) is 57.0 Å². The lowest BCUT2D eigenvalue weighted by atomic mass is 10.0. The van der Waals surface area contributed by atoms with Gasteiger partial charge in [-0.1, -0.05) is 35.4 Å². The van der Waals surface area contributed by atoms with E-state index in [4.69, 9.17) is 16.3 Å². The number of benzene rings is 2. The van der Waals surface area contributed by atoms with E-state index >= 15 is 0 Å². The van der Waals surface area contributed by atoms with Crippen molar-refractivity contribution in [2.75, 3.05) is 6.61 Å². The zero-order chi connectivity index (χ0) is 18.4. The van der Waals surface area contributed by atoms with E-state index in [9.17, 15) is 4.79 Å². The number of carbonyl (C=O) groups is 1. The molecule has 0 aliphatic carbocycles. The second kappa shape index (κ2) is 8.67. The summed E-state index contributed by atoms with van der Waals surface area (Å²) < 4.78 is 5.59. The monoisotopic (exact) mass is 358 g/mol. The van der Waals surface area contributed by atoms with E-state index in [1.165, 1.54) is 5.56 Å². The summed E-state index contributed by atoms with van der Waals surface area (Å²) in [4.78, 5) is 12.2. The van der Waals surface area contributed by atoms with Crippen LogP contribution in [0, 0.1) is 13.8 Å². The fourth-order valence-electron chi connectivity index (χ4n) is 2.53. The quantitative estimate of drug-likeness (QED) is 0.613. The molecule has 0 aliphatic heterocycles. The molecule has 0 bridgehead atoms. The van der Waals surface area contributed by atoms with E-state index in [1.807, 2.05) is 39.8 Å². The maximum absolute atomic E-state index is 12.2. The molecule has 2 aromatic carbocycles. The number of nitrogens with zero attached hydrogens (tertiary/aromatic N) is 1. The van der Waals surface area contributed by atoms with Crippen LogP contribution in [0.3, 0.4) is 0 Å². The van der Waals surface area contributed by atoms with Crippen molar-refractivity contribution < 1.29 is 9.53 Å². The molecule has 0 radical (unpaired) electrons. The van der Waals surface area contributed by atoms with Crippen LogP contribution in [0.25, 0.3) is 0 Å². The summed E-state index contributed by atoms with van der Waals surface area (Å²) in [7, 11) is 0. The Bertz CT molecular complexity index is 800. The van der Waals surface area contributed by atoms with Crippen LogP contribution in [0.2, 0.25) is 5.02 Å². The van der Waals surface area contributed by atoms with Gasteiger partial charge in [-0.15, -0.1) is 0 Å². The topological polar surface area (TPSA) is 50.7 Å². The van der Waals surface area contributed by atoms with Crippen molar-refractivity contribution in [2.24, 2.45) is 5.10 Å².